The minimum absolute atomic E-state index is 0.0316. The van der Waals surface area contributed by atoms with E-state index in [0.717, 1.165) is 6.42 Å². The maximum absolute atomic E-state index is 11.6. The van der Waals surface area contributed by atoms with Gasteiger partial charge in [-0.1, -0.05) is 13.3 Å². The van der Waals surface area contributed by atoms with E-state index in [2.05, 4.69) is 5.32 Å². The summed E-state index contributed by atoms with van der Waals surface area (Å²) in [6.07, 6.45) is 1.30. The Hall–Kier alpha value is -1.10. The number of amides is 2. The Labute approximate surface area is 91.0 Å². The van der Waals surface area contributed by atoms with E-state index in [0.29, 0.717) is 13.0 Å². The van der Waals surface area contributed by atoms with Crippen molar-refractivity contribution in [2.45, 2.75) is 19.8 Å². The Morgan fingerprint density at radius 1 is 1.47 bits per heavy atom. The first-order valence-corrected chi connectivity index (χ1v) is 5.19. The summed E-state index contributed by atoms with van der Waals surface area (Å²) in [6, 6.07) is 0. The van der Waals surface area contributed by atoms with Gasteiger partial charge < -0.3 is 16.0 Å². The summed E-state index contributed by atoms with van der Waals surface area (Å²) in [5.74, 6) is 0.0205. The molecule has 5 nitrogen and oxygen atoms in total. The van der Waals surface area contributed by atoms with E-state index >= 15 is 0 Å². The van der Waals surface area contributed by atoms with Crippen molar-refractivity contribution < 1.29 is 9.59 Å². The fourth-order valence-corrected chi connectivity index (χ4v) is 1.18. The van der Waals surface area contributed by atoms with Gasteiger partial charge in [0.15, 0.2) is 0 Å². The van der Waals surface area contributed by atoms with Crippen LogP contribution in [0, 0.1) is 5.92 Å². The van der Waals surface area contributed by atoms with E-state index in [1.54, 1.807) is 14.1 Å². The molecule has 0 rings (SSSR count). The first kappa shape index (κ1) is 13.9. The molecule has 0 aromatic carbocycles. The maximum atomic E-state index is 11.6. The van der Waals surface area contributed by atoms with Gasteiger partial charge in [0.1, 0.15) is 0 Å². The molecular weight excluding hydrogens is 194 g/mol. The van der Waals surface area contributed by atoms with Crippen LogP contribution in [-0.4, -0.2) is 43.9 Å². The van der Waals surface area contributed by atoms with Crippen LogP contribution in [0.2, 0.25) is 0 Å². The van der Waals surface area contributed by atoms with Crippen molar-refractivity contribution in [3.05, 3.63) is 0 Å². The smallest absolute Gasteiger partial charge is 0.239 e. The number of nitrogens with one attached hydrogen (secondary N) is 1. The van der Waals surface area contributed by atoms with Gasteiger partial charge in [-0.25, -0.2) is 0 Å². The second-order valence-corrected chi connectivity index (χ2v) is 3.64. The molecule has 0 aliphatic heterocycles. The molecule has 0 saturated heterocycles. The van der Waals surface area contributed by atoms with Crippen LogP contribution >= 0.6 is 0 Å². The van der Waals surface area contributed by atoms with Gasteiger partial charge in [0.25, 0.3) is 0 Å². The van der Waals surface area contributed by atoms with Crippen LogP contribution in [0.25, 0.3) is 0 Å². The van der Waals surface area contributed by atoms with Crippen LogP contribution in [-0.2, 0) is 9.59 Å². The number of nitrogens with zero attached hydrogens (tertiary/aromatic N) is 1. The van der Waals surface area contributed by atoms with Crippen molar-refractivity contribution in [3.63, 3.8) is 0 Å². The van der Waals surface area contributed by atoms with Gasteiger partial charge in [-0.3, -0.25) is 9.59 Å². The highest BCUT2D eigenvalue weighted by Gasteiger charge is 2.15. The summed E-state index contributed by atoms with van der Waals surface area (Å²) in [6.45, 7) is 2.62. The maximum Gasteiger partial charge on any atom is 0.239 e. The standard InChI is InChI=1S/C10H21N3O2/c1-4-8(6-11)5-10(15)13(3)7-9(14)12-2/h8H,4-7,11H2,1-3H3,(H,12,14). The highest BCUT2D eigenvalue weighted by Crippen LogP contribution is 2.07. The topological polar surface area (TPSA) is 75.4 Å². The number of hydrogen-bond acceptors (Lipinski definition) is 3. The third-order valence-electron chi connectivity index (χ3n) is 2.46. The summed E-state index contributed by atoms with van der Waals surface area (Å²) >= 11 is 0. The largest absolute Gasteiger partial charge is 0.358 e. The number of hydrogen-bond donors (Lipinski definition) is 2. The lowest BCUT2D eigenvalue weighted by molar-refractivity contribution is -0.135. The molecule has 88 valence electrons. The molecule has 15 heavy (non-hydrogen) atoms. The average molecular weight is 215 g/mol. The Bertz CT molecular complexity index is 215. The normalized spacial score (nSPS) is 12.0. The Kier molecular flexibility index (Phi) is 6.70. The van der Waals surface area contributed by atoms with Crippen LogP contribution in [0.1, 0.15) is 19.8 Å². The molecule has 0 bridgehead atoms. The molecule has 0 aliphatic rings. The second-order valence-electron chi connectivity index (χ2n) is 3.64. The van der Waals surface area contributed by atoms with Gasteiger partial charge in [-0.15, -0.1) is 0 Å². The van der Waals surface area contributed by atoms with Crippen molar-refractivity contribution in [1.29, 1.82) is 0 Å². The highest BCUT2D eigenvalue weighted by molar-refractivity contribution is 5.84. The number of carbonyl (C=O) groups excluding carboxylic acids is 2. The van der Waals surface area contributed by atoms with Crippen LogP contribution < -0.4 is 11.1 Å². The lowest BCUT2D eigenvalue weighted by Gasteiger charge is -2.19. The quantitative estimate of drug-likeness (QED) is 0.631. The van der Waals surface area contributed by atoms with E-state index in [1.807, 2.05) is 6.92 Å². The first-order valence-electron chi connectivity index (χ1n) is 5.19. The van der Waals surface area contributed by atoms with E-state index in [9.17, 15) is 9.59 Å². The predicted octanol–water partition coefficient (Wildman–Crippen LogP) is -0.434. The van der Waals surface area contributed by atoms with E-state index < -0.39 is 0 Å². The molecular formula is C10H21N3O2. The zero-order valence-electron chi connectivity index (χ0n) is 9.75. The number of rotatable bonds is 6. The molecule has 0 radical (unpaired) electrons. The molecule has 2 amide bonds. The SMILES string of the molecule is CCC(CN)CC(=O)N(C)CC(=O)NC. The van der Waals surface area contributed by atoms with Gasteiger partial charge in [-0.2, -0.15) is 0 Å². The third-order valence-corrected chi connectivity index (χ3v) is 2.46. The summed E-state index contributed by atoms with van der Waals surface area (Å²) in [5, 5.41) is 2.47. The minimum Gasteiger partial charge on any atom is -0.358 e. The highest BCUT2D eigenvalue weighted by atomic mass is 16.2. The van der Waals surface area contributed by atoms with E-state index in [4.69, 9.17) is 5.73 Å². The molecule has 0 saturated carbocycles. The Morgan fingerprint density at radius 2 is 2.07 bits per heavy atom. The van der Waals surface area contributed by atoms with Gasteiger partial charge in [0.05, 0.1) is 6.54 Å². The van der Waals surface area contributed by atoms with Crippen molar-refractivity contribution in [2.24, 2.45) is 11.7 Å². The van der Waals surface area contributed by atoms with Crippen LogP contribution in [0.5, 0.6) is 0 Å². The van der Waals surface area contributed by atoms with E-state index in [1.165, 1.54) is 4.90 Å². The molecule has 0 heterocycles. The van der Waals surface area contributed by atoms with Gasteiger partial charge in [-0.05, 0) is 12.5 Å². The first-order chi connectivity index (χ1) is 7.04. The minimum atomic E-state index is -0.161. The van der Waals surface area contributed by atoms with E-state index in [-0.39, 0.29) is 24.3 Å². The molecule has 0 aliphatic carbocycles. The van der Waals surface area contributed by atoms with Crippen molar-refractivity contribution in [1.82, 2.24) is 10.2 Å². The lowest BCUT2D eigenvalue weighted by Crippen LogP contribution is -2.38. The summed E-state index contributed by atoms with van der Waals surface area (Å²) < 4.78 is 0. The summed E-state index contributed by atoms with van der Waals surface area (Å²) in [5.41, 5.74) is 5.51. The van der Waals surface area contributed by atoms with Crippen molar-refractivity contribution >= 4 is 11.8 Å². The number of carbonyl (C=O) groups is 2. The Morgan fingerprint density at radius 3 is 2.47 bits per heavy atom. The van der Waals surface area contributed by atoms with Crippen molar-refractivity contribution in [3.8, 4) is 0 Å². The zero-order chi connectivity index (χ0) is 11.8. The van der Waals surface area contributed by atoms with Crippen LogP contribution in [0.4, 0.5) is 0 Å². The van der Waals surface area contributed by atoms with Crippen LogP contribution in [0.3, 0.4) is 0 Å². The fourth-order valence-electron chi connectivity index (χ4n) is 1.18. The van der Waals surface area contributed by atoms with Crippen molar-refractivity contribution in [2.75, 3.05) is 27.2 Å². The number of nitrogens with two attached hydrogens (primary N) is 1. The molecule has 5 heteroatoms. The second kappa shape index (κ2) is 7.23. The summed E-state index contributed by atoms with van der Waals surface area (Å²) in [7, 11) is 3.18. The monoisotopic (exact) mass is 215 g/mol. The third kappa shape index (κ3) is 5.37. The molecule has 0 aromatic rings. The Balaban J connectivity index is 4.03. The molecule has 1 atom stereocenters. The predicted molar refractivity (Wildman–Crippen MR) is 59.2 cm³/mol. The van der Waals surface area contributed by atoms with Gasteiger partial charge in [0, 0.05) is 20.5 Å². The van der Waals surface area contributed by atoms with Gasteiger partial charge >= 0.3 is 0 Å². The molecule has 0 aromatic heterocycles. The van der Waals surface area contributed by atoms with Crippen LogP contribution in [0.15, 0.2) is 0 Å². The summed E-state index contributed by atoms with van der Waals surface area (Å²) in [4.78, 5) is 24.1. The molecule has 0 fully saturated rings. The number of likely N-dealkylation sites (N-methyl/N-ethyl adjacent to an activating group) is 2. The molecule has 0 spiro atoms. The molecule has 3 N–H and O–H groups in total. The van der Waals surface area contributed by atoms with Gasteiger partial charge in [0.2, 0.25) is 11.8 Å². The zero-order valence-corrected chi connectivity index (χ0v) is 9.75. The average Bonchev–Trinajstić information content (AvgIpc) is 2.24. The fraction of sp³-hybridized carbons (Fsp3) is 0.800. The lowest BCUT2D eigenvalue weighted by atomic mass is 10.0. The molecule has 1 unspecified atom stereocenters.